The maximum Gasteiger partial charge on any atom is 0.271 e. The number of nitrogens with zero attached hydrogens (tertiary/aromatic N) is 2. The van der Waals surface area contributed by atoms with Crippen LogP contribution in [0, 0.1) is 5.92 Å². The van der Waals surface area contributed by atoms with Crippen molar-refractivity contribution >= 4 is 28.9 Å². The highest BCUT2D eigenvalue weighted by molar-refractivity contribution is 6.45. The molecule has 1 fully saturated rings. The Hall–Kier alpha value is -2.86. The molecule has 0 heterocycles. The number of primary amides is 1. The van der Waals surface area contributed by atoms with E-state index in [4.69, 9.17) is 27.0 Å². The van der Waals surface area contributed by atoms with E-state index in [2.05, 4.69) is 29.4 Å². The number of carbonyl (C=O) groups excluding carboxylic acids is 1. The van der Waals surface area contributed by atoms with Crippen molar-refractivity contribution in [2.24, 2.45) is 22.0 Å². The lowest BCUT2D eigenvalue weighted by Crippen LogP contribution is -2.25. The molecular weight excluding hydrogens is 390 g/mol. The summed E-state index contributed by atoms with van der Waals surface area (Å²) in [5.41, 5.74) is 8.99. The SMILES string of the molecule is CON=C(C(N)=O)c1ccccc1CON=C(C)C1CC1(C)c1ccc(Cl)cc1. The molecule has 152 valence electrons. The van der Waals surface area contributed by atoms with Gasteiger partial charge in [0.1, 0.15) is 13.7 Å². The Labute approximate surface area is 175 Å². The fourth-order valence-corrected chi connectivity index (χ4v) is 3.71. The zero-order valence-electron chi connectivity index (χ0n) is 16.7. The van der Waals surface area contributed by atoms with Gasteiger partial charge in [-0.1, -0.05) is 65.2 Å². The third kappa shape index (κ3) is 4.59. The van der Waals surface area contributed by atoms with E-state index < -0.39 is 5.91 Å². The highest BCUT2D eigenvalue weighted by atomic mass is 35.5. The Kier molecular flexibility index (Phi) is 6.23. The molecule has 2 atom stereocenters. The van der Waals surface area contributed by atoms with Crippen LogP contribution in [0.1, 0.15) is 37.0 Å². The minimum Gasteiger partial charge on any atom is -0.398 e. The Balaban J connectivity index is 1.69. The van der Waals surface area contributed by atoms with E-state index in [1.807, 2.05) is 31.2 Å². The highest BCUT2D eigenvalue weighted by Gasteiger charge is 2.53. The van der Waals surface area contributed by atoms with Crippen molar-refractivity contribution in [2.45, 2.75) is 32.3 Å². The number of halogens is 1. The second-order valence-electron chi connectivity index (χ2n) is 7.33. The van der Waals surface area contributed by atoms with E-state index in [0.29, 0.717) is 11.5 Å². The molecule has 1 aliphatic rings. The third-order valence-electron chi connectivity index (χ3n) is 5.36. The molecule has 0 aliphatic heterocycles. The van der Waals surface area contributed by atoms with Crippen LogP contribution in [-0.2, 0) is 26.5 Å². The Bertz CT molecular complexity index is 956. The lowest BCUT2D eigenvalue weighted by molar-refractivity contribution is -0.112. The van der Waals surface area contributed by atoms with Crippen LogP contribution in [-0.4, -0.2) is 24.4 Å². The number of amides is 1. The standard InChI is InChI=1S/C22H24ClN3O3/c1-14(19-12-22(19,2)16-8-10-17(23)11-9-16)25-29-13-15-6-4-5-7-18(15)20(21(24)27)26-28-3/h4-11,19H,12-13H2,1-3H3,(H2,24,27). The average molecular weight is 414 g/mol. The summed E-state index contributed by atoms with van der Waals surface area (Å²) < 4.78 is 0. The molecule has 2 aromatic rings. The van der Waals surface area contributed by atoms with Gasteiger partial charge in [0.2, 0.25) is 0 Å². The molecule has 6 nitrogen and oxygen atoms in total. The zero-order valence-corrected chi connectivity index (χ0v) is 17.4. The van der Waals surface area contributed by atoms with Crippen molar-refractivity contribution in [1.29, 1.82) is 0 Å². The molecule has 2 unspecified atom stereocenters. The van der Waals surface area contributed by atoms with Crippen molar-refractivity contribution in [2.75, 3.05) is 7.11 Å². The van der Waals surface area contributed by atoms with E-state index in [1.54, 1.807) is 12.1 Å². The lowest BCUT2D eigenvalue weighted by atomic mass is 9.94. The number of hydrogen-bond donors (Lipinski definition) is 1. The summed E-state index contributed by atoms with van der Waals surface area (Å²) in [7, 11) is 1.36. The molecule has 3 rings (SSSR count). The first kappa shape index (κ1) is 20.9. The highest BCUT2D eigenvalue weighted by Crippen LogP contribution is 2.54. The number of benzene rings is 2. The summed E-state index contributed by atoms with van der Waals surface area (Å²) in [6.45, 7) is 4.38. The third-order valence-corrected chi connectivity index (χ3v) is 5.61. The van der Waals surface area contributed by atoms with Gasteiger partial charge in [-0.15, -0.1) is 0 Å². The van der Waals surface area contributed by atoms with Gasteiger partial charge in [0.05, 0.1) is 5.71 Å². The van der Waals surface area contributed by atoms with Crippen LogP contribution in [0.5, 0.6) is 0 Å². The maximum absolute atomic E-state index is 11.7. The molecule has 1 amide bonds. The fourth-order valence-electron chi connectivity index (χ4n) is 3.59. The van der Waals surface area contributed by atoms with Crippen LogP contribution in [0.2, 0.25) is 5.02 Å². The summed E-state index contributed by atoms with van der Waals surface area (Å²) in [5.74, 6) is -0.356. The van der Waals surface area contributed by atoms with Crippen LogP contribution in [0.4, 0.5) is 0 Å². The largest absolute Gasteiger partial charge is 0.398 e. The molecule has 0 spiro atoms. The maximum atomic E-state index is 11.7. The first-order valence-electron chi connectivity index (χ1n) is 9.28. The van der Waals surface area contributed by atoms with Crippen LogP contribution in [0.25, 0.3) is 0 Å². The number of oxime groups is 2. The van der Waals surface area contributed by atoms with Gasteiger partial charge < -0.3 is 15.4 Å². The monoisotopic (exact) mass is 413 g/mol. The fraction of sp³-hybridized carbons (Fsp3) is 0.318. The van der Waals surface area contributed by atoms with E-state index in [9.17, 15) is 4.79 Å². The normalized spacial score (nSPS) is 21.6. The summed E-state index contributed by atoms with van der Waals surface area (Å²) in [6, 6.07) is 15.2. The quantitative estimate of drug-likeness (QED) is 0.523. The van der Waals surface area contributed by atoms with E-state index >= 15 is 0 Å². The molecule has 1 aliphatic carbocycles. The summed E-state index contributed by atoms with van der Waals surface area (Å²) in [6.07, 6.45) is 1.01. The minimum atomic E-state index is -0.671. The predicted octanol–water partition coefficient (Wildman–Crippen LogP) is 4.05. The Morgan fingerprint density at radius 2 is 1.90 bits per heavy atom. The van der Waals surface area contributed by atoms with Crippen LogP contribution in [0.3, 0.4) is 0 Å². The smallest absolute Gasteiger partial charge is 0.271 e. The lowest BCUT2D eigenvalue weighted by Gasteiger charge is -2.12. The van der Waals surface area contributed by atoms with E-state index in [-0.39, 0.29) is 17.7 Å². The van der Waals surface area contributed by atoms with Crippen molar-refractivity contribution < 1.29 is 14.5 Å². The molecule has 0 saturated heterocycles. The zero-order chi connectivity index (χ0) is 21.0. The second-order valence-corrected chi connectivity index (χ2v) is 7.77. The van der Waals surface area contributed by atoms with Crippen LogP contribution in [0.15, 0.2) is 58.8 Å². The van der Waals surface area contributed by atoms with Crippen LogP contribution < -0.4 is 5.73 Å². The van der Waals surface area contributed by atoms with Gasteiger partial charge in [0.25, 0.3) is 5.91 Å². The molecular formula is C22H24ClN3O3. The molecule has 2 aromatic carbocycles. The topological polar surface area (TPSA) is 86.3 Å². The minimum absolute atomic E-state index is 0.0453. The van der Waals surface area contributed by atoms with E-state index in [0.717, 1.165) is 22.7 Å². The van der Waals surface area contributed by atoms with Gasteiger partial charge in [-0.25, -0.2) is 0 Å². The van der Waals surface area contributed by atoms with Crippen molar-refractivity contribution in [1.82, 2.24) is 0 Å². The molecule has 0 aromatic heterocycles. The first-order chi connectivity index (χ1) is 13.9. The van der Waals surface area contributed by atoms with Gasteiger partial charge in [-0.2, -0.15) is 0 Å². The molecule has 1 saturated carbocycles. The summed E-state index contributed by atoms with van der Waals surface area (Å²) >= 11 is 5.99. The molecule has 29 heavy (non-hydrogen) atoms. The second kappa shape index (κ2) is 8.66. The van der Waals surface area contributed by atoms with Gasteiger partial charge >= 0.3 is 0 Å². The Morgan fingerprint density at radius 3 is 2.55 bits per heavy atom. The van der Waals surface area contributed by atoms with Gasteiger partial charge in [-0.05, 0) is 31.0 Å². The molecule has 2 N–H and O–H groups in total. The summed E-state index contributed by atoms with van der Waals surface area (Å²) in [5, 5.41) is 8.78. The number of carbonyl (C=O) groups is 1. The van der Waals surface area contributed by atoms with Crippen molar-refractivity contribution in [3.63, 3.8) is 0 Å². The molecule has 7 heteroatoms. The molecule has 0 radical (unpaired) electrons. The Morgan fingerprint density at radius 1 is 1.21 bits per heavy atom. The van der Waals surface area contributed by atoms with Gasteiger partial charge in [-0.3, -0.25) is 4.79 Å². The average Bonchev–Trinajstić information content (AvgIpc) is 3.40. The predicted molar refractivity (Wildman–Crippen MR) is 114 cm³/mol. The number of nitrogens with two attached hydrogens (primary N) is 1. The summed E-state index contributed by atoms with van der Waals surface area (Å²) in [4.78, 5) is 22.0. The van der Waals surface area contributed by atoms with Crippen molar-refractivity contribution in [3.8, 4) is 0 Å². The van der Waals surface area contributed by atoms with E-state index in [1.165, 1.54) is 12.7 Å². The van der Waals surface area contributed by atoms with Gasteiger partial charge in [0, 0.05) is 27.5 Å². The first-order valence-corrected chi connectivity index (χ1v) is 9.66. The van der Waals surface area contributed by atoms with Gasteiger partial charge in [0.15, 0.2) is 5.71 Å². The molecule has 0 bridgehead atoms. The number of hydrogen-bond acceptors (Lipinski definition) is 5. The van der Waals surface area contributed by atoms with Crippen LogP contribution >= 0.6 is 11.6 Å². The van der Waals surface area contributed by atoms with Crippen molar-refractivity contribution in [3.05, 3.63) is 70.2 Å². The number of rotatable bonds is 8.